The molecule has 0 spiro atoms. The minimum absolute atomic E-state index is 0.0235. The number of hydrogen-bond acceptors (Lipinski definition) is 8. The third kappa shape index (κ3) is 4.41. The Balaban J connectivity index is 1.30. The first-order valence-corrected chi connectivity index (χ1v) is 15.9. The first-order valence-electron chi connectivity index (χ1n) is 14.7. The number of alkyl halides is 1. The van der Waals surface area contributed by atoms with Crippen molar-refractivity contribution in [1.29, 1.82) is 0 Å². The summed E-state index contributed by atoms with van der Waals surface area (Å²) in [5, 5.41) is 0.470. The summed E-state index contributed by atoms with van der Waals surface area (Å²) in [5.41, 5.74) is -1.01. The molecule has 1 aromatic heterocycles. The molecule has 0 radical (unpaired) electrons. The Bertz CT molecular complexity index is 1460. The van der Waals surface area contributed by atoms with E-state index >= 15 is 4.39 Å². The van der Waals surface area contributed by atoms with Gasteiger partial charge in [-0.2, -0.15) is 9.97 Å². The summed E-state index contributed by atoms with van der Waals surface area (Å²) in [6, 6.07) is -0.616. The van der Waals surface area contributed by atoms with Crippen molar-refractivity contribution in [3.63, 3.8) is 0 Å². The Morgan fingerprint density at radius 3 is 2.81 bits per heavy atom. The molecule has 7 rings (SSSR count). The molecule has 4 fully saturated rings. The highest BCUT2D eigenvalue weighted by molar-refractivity contribution is 9.10. The van der Waals surface area contributed by atoms with Gasteiger partial charge in [0.25, 0.3) is 0 Å². The molecule has 5 aliphatic heterocycles. The number of carbonyl (C=O) groups is 1. The summed E-state index contributed by atoms with van der Waals surface area (Å²) < 4.78 is 48.8. The Hall–Kier alpha value is -2.18. The van der Waals surface area contributed by atoms with Gasteiger partial charge in [0.15, 0.2) is 11.6 Å². The molecule has 0 saturated carbocycles. The Morgan fingerprint density at radius 2 is 2.05 bits per heavy atom. The van der Waals surface area contributed by atoms with Crippen molar-refractivity contribution < 1.29 is 27.8 Å². The van der Waals surface area contributed by atoms with Crippen LogP contribution in [0, 0.1) is 5.82 Å². The van der Waals surface area contributed by atoms with Crippen LogP contribution in [0.1, 0.15) is 59.8 Å². The monoisotopic (exact) mass is 669 g/mol. The van der Waals surface area contributed by atoms with Crippen LogP contribution < -0.4 is 14.4 Å². The number of hydrogen-bond donors (Lipinski definition) is 0. The number of aromatic nitrogens is 2. The lowest BCUT2D eigenvalue weighted by molar-refractivity contribution is 0.00113. The lowest BCUT2D eigenvalue weighted by atomic mass is 9.95. The smallest absolute Gasteiger partial charge is 0.410 e. The number of fused-ring (bicyclic) bond motifs is 6. The Kier molecular flexibility index (Phi) is 6.75. The number of halogens is 4. The number of nitrogens with zero attached hydrogens (tertiary/aromatic N) is 5. The quantitative estimate of drug-likeness (QED) is 0.375. The minimum atomic E-state index is -0.898. The van der Waals surface area contributed by atoms with E-state index in [1.807, 2.05) is 32.6 Å². The second-order valence-corrected chi connectivity index (χ2v) is 14.5. The Labute approximate surface area is 256 Å². The second kappa shape index (κ2) is 9.92. The molecule has 228 valence electrons. The molecule has 2 bridgehead atoms. The maximum Gasteiger partial charge on any atom is 0.410 e. The lowest BCUT2D eigenvalue weighted by Crippen LogP contribution is -2.65. The summed E-state index contributed by atoms with van der Waals surface area (Å²) in [6.45, 7) is 9.40. The van der Waals surface area contributed by atoms with Crippen molar-refractivity contribution >= 4 is 50.3 Å². The third-order valence-corrected chi connectivity index (χ3v) is 10.8. The molecular formula is C29H35BrClF2N5O4. The van der Waals surface area contributed by atoms with Crippen LogP contribution >= 0.6 is 27.5 Å². The molecule has 2 aromatic rings. The Morgan fingerprint density at radius 1 is 1.26 bits per heavy atom. The second-order valence-electron chi connectivity index (χ2n) is 13.3. The van der Waals surface area contributed by atoms with Crippen LogP contribution in [0.2, 0.25) is 5.02 Å². The number of benzene rings is 1. The normalized spacial score (nSPS) is 32.0. The van der Waals surface area contributed by atoms with Gasteiger partial charge in [-0.3, -0.25) is 9.80 Å². The number of ether oxygens (including phenoxy) is 3. The fourth-order valence-electron chi connectivity index (χ4n) is 7.87. The van der Waals surface area contributed by atoms with Crippen LogP contribution in [0.3, 0.4) is 0 Å². The van der Waals surface area contributed by atoms with Gasteiger partial charge in [0, 0.05) is 19.5 Å². The number of anilines is 1. The number of rotatable bonds is 3. The largest absolute Gasteiger partial charge is 0.486 e. The highest BCUT2D eigenvalue weighted by Crippen LogP contribution is 2.50. The summed E-state index contributed by atoms with van der Waals surface area (Å²) in [7, 11) is 0. The van der Waals surface area contributed by atoms with Crippen molar-refractivity contribution in [1.82, 2.24) is 19.8 Å². The van der Waals surface area contributed by atoms with Crippen LogP contribution in [-0.2, 0) is 4.74 Å². The minimum Gasteiger partial charge on any atom is -0.486 e. The predicted octanol–water partition coefficient (Wildman–Crippen LogP) is 5.88. The molecule has 9 nitrogen and oxygen atoms in total. The SMILES string of the molecule is C[C@@H]1Oc2c(Cl)c(Br)c(F)c3nc(OC[C@@]45CCCN4C[C@H](F)C5)nc(c23)N2C[C@H]3CC[C@@H]([C@@H]12)N3C(=O)OC(C)(C)C. The van der Waals surface area contributed by atoms with E-state index in [9.17, 15) is 9.18 Å². The van der Waals surface area contributed by atoms with Gasteiger partial charge in [-0.15, -0.1) is 0 Å². The van der Waals surface area contributed by atoms with Gasteiger partial charge in [-0.1, -0.05) is 11.6 Å². The fourth-order valence-corrected chi connectivity index (χ4v) is 8.46. The molecule has 1 amide bonds. The first-order chi connectivity index (χ1) is 19.9. The van der Waals surface area contributed by atoms with Crippen molar-refractivity contribution in [2.75, 3.05) is 31.1 Å². The zero-order chi connectivity index (χ0) is 29.7. The maximum atomic E-state index is 15.8. The summed E-state index contributed by atoms with van der Waals surface area (Å²) >= 11 is 9.96. The van der Waals surface area contributed by atoms with E-state index in [2.05, 4.69) is 30.7 Å². The van der Waals surface area contributed by atoms with Crippen molar-refractivity contribution in [2.45, 2.75) is 101 Å². The molecule has 4 saturated heterocycles. The van der Waals surface area contributed by atoms with Crippen molar-refractivity contribution in [3.05, 3.63) is 15.3 Å². The van der Waals surface area contributed by atoms with Gasteiger partial charge in [0.2, 0.25) is 0 Å². The van der Waals surface area contributed by atoms with Crippen LogP contribution in [0.25, 0.3) is 10.9 Å². The fraction of sp³-hybridized carbons (Fsp3) is 0.690. The zero-order valence-electron chi connectivity index (χ0n) is 24.1. The number of carbonyl (C=O) groups excluding carboxylic acids is 1. The predicted molar refractivity (Wildman–Crippen MR) is 157 cm³/mol. The van der Waals surface area contributed by atoms with Crippen molar-refractivity contribution in [2.24, 2.45) is 0 Å². The van der Waals surface area contributed by atoms with Crippen LogP contribution in [0.4, 0.5) is 19.4 Å². The van der Waals surface area contributed by atoms with E-state index in [0.717, 1.165) is 32.2 Å². The van der Waals surface area contributed by atoms with Crippen molar-refractivity contribution in [3.8, 4) is 11.8 Å². The summed E-state index contributed by atoms with van der Waals surface area (Å²) in [4.78, 5) is 28.8. The van der Waals surface area contributed by atoms with Gasteiger partial charge in [-0.25, -0.2) is 13.6 Å². The van der Waals surface area contributed by atoms with E-state index in [1.54, 1.807) is 0 Å². The van der Waals surface area contributed by atoms with Gasteiger partial charge >= 0.3 is 12.1 Å². The number of piperazine rings is 1. The number of amides is 1. The van der Waals surface area contributed by atoms with Gasteiger partial charge in [0.1, 0.15) is 40.8 Å². The first kappa shape index (κ1) is 28.6. The average Bonchev–Trinajstić information content (AvgIpc) is 3.52. The van der Waals surface area contributed by atoms with E-state index in [4.69, 9.17) is 30.8 Å². The molecule has 0 N–H and O–H groups in total. The van der Waals surface area contributed by atoms with E-state index in [-0.39, 0.29) is 51.8 Å². The van der Waals surface area contributed by atoms with E-state index in [1.165, 1.54) is 0 Å². The van der Waals surface area contributed by atoms with E-state index < -0.39 is 29.2 Å². The highest BCUT2D eigenvalue weighted by Gasteiger charge is 2.54. The maximum absolute atomic E-state index is 15.8. The van der Waals surface area contributed by atoms with E-state index in [0.29, 0.717) is 36.5 Å². The molecular weight excluding hydrogens is 636 g/mol. The molecule has 13 heteroatoms. The van der Waals surface area contributed by atoms with Crippen LogP contribution in [0.15, 0.2) is 4.47 Å². The molecule has 5 aliphatic rings. The van der Waals surface area contributed by atoms with Crippen LogP contribution in [-0.4, -0.2) is 93.6 Å². The lowest BCUT2D eigenvalue weighted by Gasteiger charge is -2.48. The summed E-state index contributed by atoms with van der Waals surface area (Å²) in [6.07, 6.45) is 2.09. The zero-order valence-corrected chi connectivity index (χ0v) is 26.5. The summed E-state index contributed by atoms with van der Waals surface area (Å²) in [5.74, 6) is 0.117. The van der Waals surface area contributed by atoms with Gasteiger partial charge in [-0.05, 0) is 75.9 Å². The topological polar surface area (TPSA) is 80.3 Å². The highest BCUT2D eigenvalue weighted by atomic mass is 79.9. The van der Waals surface area contributed by atoms with Gasteiger partial charge < -0.3 is 19.1 Å². The molecule has 0 unspecified atom stereocenters. The molecule has 6 heterocycles. The van der Waals surface area contributed by atoms with Gasteiger partial charge in [0.05, 0.1) is 33.5 Å². The average molecular weight is 671 g/mol. The molecule has 1 aromatic carbocycles. The third-order valence-electron chi connectivity index (χ3n) is 9.49. The standard InChI is InChI=1S/C29H35BrClF2N5O4/c1-14-23-17-7-6-16(38(17)27(39)42-28(2,3)4)12-37(23)25-18-22(21(33)19(30)20(31)24(18)41-14)34-26(35-25)40-13-29-8-5-9-36(29)11-15(32)10-29/h14-17,23H,5-13H2,1-4H3/t14-,15+,16+,17-,23+,29-/m0/s1. The molecule has 0 aliphatic carbocycles. The molecule has 6 atom stereocenters. The van der Waals surface area contributed by atoms with Crippen LogP contribution in [0.5, 0.6) is 11.8 Å². The molecule has 42 heavy (non-hydrogen) atoms.